The lowest BCUT2D eigenvalue weighted by Crippen LogP contribution is -2.14. The topological polar surface area (TPSA) is 0 Å². The number of alkyl halides is 1. The summed E-state index contributed by atoms with van der Waals surface area (Å²) in [5, 5.41) is 0. The summed E-state index contributed by atoms with van der Waals surface area (Å²) in [6.45, 7) is 0. The van der Waals surface area contributed by atoms with Crippen LogP contribution >= 0.6 is 22.6 Å². The molecule has 2 aliphatic rings. The Morgan fingerprint density at radius 1 is 1.08 bits per heavy atom. The molecular formula is C12H19I. The molecule has 2 rings (SSSR count). The molecule has 74 valence electrons. The zero-order valence-corrected chi connectivity index (χ0v) is 10.4. The summed E-state index contributed by atoms with van der Waals surface area (Å²) in [5.74, 6) is 0.984. The summed E-state index contributed by atoms with van der Waals surface area (Å²) in [5.41, 5.74) is 1.81. The van der Waals surface area contributed by atoms with Gasteiger partial charge in [-0.25, -0.2) is 0 Å². The normalized spacial score (nSPS) is 31.5. The summed E-state index contributed by atoms with van der Waals surface area (Å²) in [6, 6.07) is 0. The molecule has 2 aliphatic carbocycles. The second-order valence-electron chi connectivity index (χ2n) is 4.49. The first-order chi connectivity index (χ1) is 6.36. The van der Waals surface area contributed by atoms with Crippen LogP contribution in [0.1, 0.15) is 51.4 Å². The Labute approximate surface area is 95.3 Å². The van der Waals surface area contributed by atoms with E-state index in [9.17, 15) is 0 Å². The lowest BCUT2D eigenvalue weighted by molar-refractivity contribution is 0.388. The Kier molecular flexibility index (Phi) is 3.70. The molecule has 1 atom stereocenters. The van der Waals surface area contributed by atoms with Gasteiger partial charge in [-0.2, -0.15) is 0 Å². The fourth-order valence-electron chi connectivity index (χ4n) is 2.67. The fourth-order valence-corrected chi connectivity index (χ4v) is 3.23. The van der Waals surface area contributed by atoms with Crippen LogP contribution in [0, 0.1) is 5.92 Å². The van der Waals surface area contributed by atoms with Gasteiger partial charge in [-0.05, 0) is 38.0 Å². The van der Waals surface area contributed by atoms with Crippen LogP contribution in [0.3, 0.4) is 0 Å². The van der Waals surface area contributed by atoms with E-state index >= 15 is 0 Å². The molecule has 0 bridgehead atoms. The van der Waals surface area contributed by atoms with Crippen molar-refractivity contribution in [2.45, 2.75) is 55.3 Å². The predicted molar refractivity (Wildman–Crippen MR) is 66.3 cm³/mol. The van der Waals surface area contributed by atoms with E-state index in [4.69, 9.17) is 0 Å². The smallest absolute Gasteiger partial charge is 0.0147 e. The molecule has 1 fully saturated rings. The minimum absolute atomic E-state index is 0.921. The third kappa shape index (κ3) is 2.71. The monoisotopic (exact) mass is 290 g/mol. The fraction of sp³-hybridized carbons (Fsp3) is 0.833. The Hall–Kier alpha value is 0.470. The van der Waals surface area contributed by atoms with E-state index in [-0.39, 0.29) is 0 Å². The van der Waals surface area contributed by atoms with Gasteiger partial charge in [0.1, 0.15) is 0 Å². The van der Waals surface area contributed by atoms with Crippen molar-refractivity contribution in [2.24, 2.45) is 5.92 Å². The minimum atomic E-state index is 0.921. The SMILES string of the molecule is IC1CC=C(C2CCCCC2)CC1. The number of allylic oxidation sites excluding steroid dienone is 2. The van der Waals surface area contributed by atoms with Crippen LogP contribution in [0.25, 0.3) is 0 Å². The lowest BCUT2D eigenvalue weighted by Gasteiger charge is -2.28. The van der Waals surface area contributed by atoms with Gasteiger partial charge in [-0.1, -0.05) is 53.5 Å². The average molecular weight is 290 g/mol. The maximum Gasteiger partial charge on any atom is 0.0147 e. The molecular weight excluding hydrogens is 271 g/mol. The molecule has 0 N–H and O–H groups in total. The van der Waals surface area contributed by atoms with Crippen molar-refractivity contribution < 1.29 is 0 Å². The van der Waals surface area contributed by atoms with Gasteiger partial charge >= 0.3 is 0 Å². The molecule has 13 heavy (non-hydrogen) atoms. The molecule has 0 aromatic rings. The Morgan fingerprint density at radius 2 is 1.85 bits per heavy atom. The van der Waals surface area contributed by atoms with E-state index in [1.807, 2.05) is 5.57 Å². The molecule has 0 amide bonds. The maximum atomic E-state index is 2.59. The quantitative estimate of drug-likeness (QED) is 0.379. The lowest BCUT2D eigenvalue weighted by atomic mass is 9.80. The van der Waals surface area contributed by atoms with Crippen molar-refractivity contribution in [3.05, 3.63) is 11.6 Å². The van der Waals surface area contributed by atoms with Gasteiger partial charge in [0.05, 0.1) is 0 Å². The van der Waals surface area contributed by atoms with Crippen molar-refractivity contribution >= 4 is 22.6 Å². The number of hydrogen-bond donors (Lipinski definition) is 0. The second kappa shape index (κ2) is 4.81. The van der Waals surface area contributed by atoms with Crippen LogP contribution < -0.4 is 0 Å². The van der Waals surface area contributed by atoms with Gasteiger partial charge in [-0.15, -0.1) is 0 Å². The average Bonchev–Trinajstić information content (AvgIpc) is 2.20. The Bertz CT molecular complexity index is 189. The third-order valence-electron chi connectivity index (χ3n) is 3.51. The number of rotatable bonds is 1. The molecule has 0 spiro atoms. The minimum Gasteiger partial charge on any atom is -0.0840 e. The van der Waals surface area contributed by atoms with Crippen LogP contribution in [0.2, 0.25) is 0 Å². The highest BCUT2D eigenvalue weighted by Crippen LogP contribution is 2.35. The van der Waals surface area contributed by atoms with Crippen molar-refractivity contribution in [1.82, 2.24) is 0 Å². The van der Waals surface area contributed by atoms with Crippen LogP contribution in [0.5, 0.6) is 0 Å². The van der Waals surface area contributed by atoms with Crippen molar-refractivity contribution in [3.63, 3.8) is 0 Å². The molecule has 0 aromatic carbocycles. The maximum absolute atomic E-state index is 2.59. The first kappa shape index (κ1) is 10.0. The largest absolute Gasteiger partial charge is 0.0840 e. The van der Waals surface area contributed by atoms with E-state index in [0.29, 0.717) is 0 Å². The molecule has 0 radical (unpaired) electrons. The second-order valence-corrected chi connectivity index (χ2v) is 6.25. The predicted octanol–water partition coefficient (Wildman–Crippen LogP) is 4.48. The highest BCUT2D eigenvalue weighted by atomic mass is 127. The third-order valence-corrected chi connectivity index (χ3v) is 4.64. The first-order valence-corrected chi connectivity index (χ1v) is 6.94. The molecule has 0 aromatic heterocycles. The number of halogens is 1. The van der Waals surface area contributed by atoms with Gasteiger partial charge < -0.3 is 0 Å². The highest BCUT2D eigenvalue weighted by molar-refractivity contribution is 14.1. The molecule has 0 aliphatic heterocycles. The van der Waals surface area contributed by atoms with E-state index in [0.717, 1.165) is 9.84 Å². The van der Waals surface area contributed by atoms with E-state index in [1.54, 1.807) is 0 Å². The van der Waals surface area contributed by atoms with Crippen molar-refractivity contribution in [3.8, 4) is 0 Å². The zero-order valence-electron chi connectivity index (χ0n) is 8.27. The zero-order chi connectivity index (χ0) is 9.10. The van der Waals surface area contributed by atoms with Crippen molar-refractivity contribution in [1.29, 1.82) is 0 Å². The van der Waals surface area contributed by atoms with Crippen LogP contribution in [0.15, 0.2) is 11.6 Å². The molecule has 1 heteroatoms. The van der Waals surface area contributed by atoms with Gasteiger partial charge in [-0.3, -0.25) is 0 Å². The molecule has 1 unspecified atom stereocenters. The van der Waals surface area contributed by atoms with Gasteiger partial charge in [0.25, 0.3) is 0 Å². The van der Waals surface area contributed by atoms with Gasteiger partial charge in [0.15, 0.2) is 0 Å². The summed E-state index contributed by atoms with van der Waals surface area (Å²) in [4.78, 5) is 0. The van der Waals surface area contributed by atoms with Crippen LogP contribution in [-0.4, -0.2) is 3.92 Å². The number of hydrogen-bond acceptors (Lipinski definition) is 0. The summed E-state index contributed by atoms with van der Waals surface area (Å²) >= 11 is 2.59. The first-order valence-electron chi connectivity index (χ1n) is 5.69. The molecule has 0 saturated heterocycles. The van der Waals surface area contributed by atoms with E-state index in [1.165, 1.54) is 51.4 Å². The standard InChI is InChI=1S/C12H19I/c13-12-8-6-11(7-9-12)10-4-2-1-3-5-10/h6,10,12H,1-5,7-9H2. The summed E-state index contributed by atoms with van der Waals surface area (Å²) in [7, 11) is 0. The summed E-state index contributed by atoms with van der Waals surface area (Å²) in [6.07, 6.45) is 14.1. The van der Waals surface area contributed by atoms with Crippen LogP contribution in [0.4, 0.5) is 0 Å². The molecule has 0 nitrogen and oxygen atoms in total. The van der Waals surface area contributed by atoms with Gasteiger partial charge in [0.2, 0.25) is 0 Å². The van der Waals surface area contributed by atoms with Crippen LogP contribution in [-0.2, 0) is 0 Å². The highest BCUT2D eigenvalue weighted by Gasteiger charge is 2.20. The van der Waals surface area contributed by atoms with Gasteiger partial charge in [0, 0.05) is 3.92 Å². The van der Waals surface area contributed by atoms with E-state index in [2.05, 4.69) is 28.7 Å². The molecule has 0 heterocycles. The van der Waals surface area contributed by atoms with Crippen molar-refractivity contribution in [2.75, 3.05) is 0 Å². The van der Waals surface area contributed by atoms with E-state index < -0.39 is 0 Å². The molecule has 1 saturated carbocycles. The Morgan fingerprint density at radius 3 is 2.46 bits per heavy atom. The summed E-state index contributed by atoms with van der Waals surface area (Å²) < 4.78 is 0.921. The Balaban J connectivity index is 1.92.